The minimum absolute atomic E-state index is 0.0545. The molecular weight excluding hydrogens is 461 g/mol. The van der Waals surface area contributed by atoms with Crippen molar-refractivity contribution < 1.29 is 23.2 Å². The van der Waals surface area contributed by atoms with Crippen molar-refractivity contribution in [2.24, 2.45) is 0 Å². The molecule has 1 aromatic heterocycles. The van der Waals surface area contributed by atoms with E-state index in [1.165, 1.54) is 29.4 Å². The number of hydrogen-bond acceptors (Lipinski definition) is 4. The molecule has 2 aromatic carbocycles. The predicted molar refractivity (Wildman–Crippen MR) is 132 cm³/mol. The summed E-state index contributed by atoms with van der Waals surface area (Å²) in [6, 6.07) is 17.1. The Labute approximate surface area is 209 Å². The van der Waals surface area contributed by atoms with Crippen molar-refractivity contribution in [3.05, 3.63) is 95.7 Å². The maximum atomic E-state index is 13.7. The Kier molecular flexibility index (Phi) is 8.49. The number of carbonyl (C=O) groups excluding carboxylic acids is 3. The lowest BCUT2D eigenvalue weighted by atomic mass is 9.94. The first-order valence-corrected chi connectivity index (χ1v) is 12.2. The van der Waals surface area contributed by atoms with E-state index in [4.69, 9.17) is 4.42 Å². The van der Waals surface area contributed by atoms with Crippen LogP contribution in [0.1, 0.15) is 59.8 Å². The van der Waals surface area contributed by atoms with Crippen LogP contribution >= 0.6 is 0 Å². The van der Waals surface area contributed by atoms with Crippen LogP contribution in [0.15, 0.2) is 77.4 Å². The van der Waals surface area contributed by atoms with Gasteiger partial charge in [0.05, 0.1) is 12.8 Å². The number of nitrogens with zero attached hydrogens (tertiary/aromatic N) is 1. The van der Waals surface area contributed by atoms with Crippen LogP contribution in [0.2, 0.25) is 0 Å². The lowest BCUT2D eigenvalue weighted by Crippen LogP contribution is -2.49. The second kappa shape index (κ2) is 12.2. The molecule has 1 aliphatic carbocycles. The molecule has 36 heavy (non-hydrogen) atoms. The number of hydrogen-bond donors (Lipinski definition) is 2. The number of furan rings is 1. The third-order valence-corrected chi connectivity index (χ3v) is 6.36. The molecule has 3 amide bonds. The molecule has 0 unspecified atom stereocenters. The molecule has 1 saturated carbocycles. The lowest BCUT2D eigenvalue weighted by Gasteiger charge is -2.33. The third kappa shape index (κ3) is 6.59. The van der Waals surface area contributed by atoms with E-state index in [1.807, 2.05) is 18.2 Å². The van der Waals surface area contributed by atoms with E-state index < -0.39 is 23.7 Å². The molecule has 4 rings (SSSR count). The fourth-order valence-electron chi connectivity index (χ4n) is 4.50. The Bertz CT molecular complexity index is 1140. The van der Waals surface area contributed by atoms with Gasteiger partial charge in [-0.05, 0) is 48.2 Å². The second-order valence-corrected chi connectivity index (χ2v) is 8.96. The largest absolute Gasteiger partial charge is 0.459 e. The first kappa shape index (κ1) is 25.2. The summed E-state index contributed by atoms with van der Waals surface area (Å²) in [5.74, 6) is -1.56. The summed E-state index contributed by atoms with van der Waals surface area (Å²) in [4.78, 5) is 41.0. The van der Waals surface area contributed by atoms with Gasteiger partial charge in [-0.3, -0.25) is 14.4 Å². The zero-order valence-electron chi connectivity index (χ0n) is 20.0. The quantitative estimate of drug-likeness (QED) is 0.465. The summed E-state index contributed by atoms with van der Waals surface area (Å²) < 4.78 is 18.6. The zero-order chi connectivity index (χ0) is 25.3. The number of carbonyl (C=O) groups is 3. The van der Waals surface area contributed by atoms with E-state index in [9.17, 15) is 18.8 Å². The first-order valence-electron chi connectivity index (χ1n) is 12.2. The van der Waals surface area contributed by atoms with Crippen molar-refractivity contribution in [1.29, 1.82) is 0 Å². The average Bonchev–Trinajstić information content (AvgIpc) is 3.44. The van der Waals surface area contributed by atoms with Gasteiger partial charge in [0.25, 0.3) is 5.91 Å². The summed E-state index contributed by atoms with van der Waals surface area (Å²) >= 11 is 0. The van der Waals surface area contributed by atoms with Crippen molar-refractivity contribution in [3.8, 4) is 0 Å². The molecule has 0 saturated heterocycles. The zero-order valence-corrected chi connectivity index (χ0v) is 20.0. The molecule has 8 heteroatoms. The van der Waals surface area contributed by atoms with Gasteiger partial charge in [0, 0.05) is 12.6 Å². The van der Waals surface area contributed by atoms with Gasteiger partial charge in [-0.15, -0.1) is 0 Å². The SMILES string of the molecule is O=C(NCC(=O)N(Cc1ccc(F)cc1)[C@@H](C(=O)NC1CCCCC1)c1ccccc1)c1ccco1. The number of rotatable bonds is 9. The van der Waals surface area contributed by atoms with Gasteiger partial charge in [-0.2, -0.15) is 0 Å². The highest BCUT2D eigenvalue weighted by molar-refractivity contribution is 5.95. The van der Waals surface area contributed by atoms with E-state index in [0.29, 0.717) is 11.1 Å². The van der Waals surface area contributed by atoms with E-state index in [-0.39, 0.29) is 30.8 Å². The second-order valence-electron chi connectivity index (χ2n) is 8.96. The maximum absolute atomic E-state index is 13.7. The molecular formula is C28H30FN3O4. The third-order valence-electron chi connectivity index (χ3n) is 6.36. The van der Waals surface area contributed by atoms with E-state index >= 15 is 0 Å². The number of halogens is 1. The van der Waals surface area contributed by atoms with Crippen molar-refractivity contribution in [1.82, 2.24) is 15.5 Å². The number of nitrogens with one attached hydrogen (secondary N) is 2. The Hall–Kier alpha value is -3.94. The van der Waals surface area contributed by atoms with Gasteiger partial charge >= 0.3 is 0 Å². The van der Waals surface area contributed by atoms with Gasteiger partial charge in [-0.1, -0.05) is 61.7 Å². The normalized spacial score (nSPS) is 14.6. The Morgan fingerprint density at radius 1 is 0.944 bits per heavy atom. The fraction of sp³-hybridized carbons (Fsp3) is 0.321. The molecule has 2 N–H and O–H groups in total. The molecule has 188 valence electrons. The minimum atomic E-state index is -0.925. The number of benzene rings is 2. The molecule has 0 bridgehead atoms. The van der Waals surface area contributed by atoms with Crippen molar-refractivity contribution >= 4 is 17.7 Å². The fourth-order valence-corrected chi connectivity index (χ4v) is 4.50. The van der Waals surface area contributed by atoms with Crippen LogP contribution in [0, 0.1) is 5.82 Å². The molecule has 1 atom stereocenters. The molecule has 1 aliphatic rings. The summed E-state index contributed by atoms with van der Waals surface area (Å²) in [5.41, 5.74) is 1.31. The highest BCUT2D eigenvalue weighted by Gasteiger charge is 2.33. The minimum Gasteiger partial charge on any atom is -0.459 e. The van der Waals surface area contributed by atoms with Gasteiger partial charge in [0.15, 0.2) is 5.76 Å². The van der Waals surface area contributed by atoms with Crippen LogP contribution in [0.3, 0.4) is 0 Å². The Balaban J connectivity index is 1.61. The summed E-state index contributed by atoms with van der Waals surface area (Å²) in [7, 11) is 0. The standard InChI is InChI=1S/C28H30FN3O4/c29-22-15-13-20(14-16-22)19-32(25(33)18-30-27(34)24-12-7-17-36-24)26(21-8-3-1-4-9-21)28(35)31-23-10-5-2-6-11-23/h1,3-4,7-9,12-17,23,26H,2,5-6,10-11,18-19H2,(H,30,34)(H,31,35)/t26-/m1/s1. The van der Waals surface area contributed by atoms with Gasteiger partial charge in [0.1, 0.15) is 11.9 Å². The molecule has 1 fully saturated rings. The van der Waals surface area contributed by atoms with Gasteiger partial charge in [0.2, 0.25) is 11.8 Å². The molecule has 1 heterocycles. The van der Waals surface area contributed by atoms with Crippen LogP contribution in [0.4, 0.5) is 4.39 Å². The van der Waals surface area contributed by atoms with E-state index in [1.54, 1.807) is 30.3 Å². The predicted octanol–water partition coefficient (Wildman–Crippen LogP) is 4.37. The van der Waals surface area contributed by atoms with Crippen LogP contribution in [0.25, 0.3) is 0 Å². The van der Waals surface area contributed by atoms with Crippen LogP contribution < -0.4 is 10.6 Å². The van der Waals surface area contributed by atoms with Crippen LogP contribution in [-0.2, 0) is 16.1 Å². The monoisotopic (exact) mass is 491 g/mol. The smallest absolute Gasteiger partial charge is 0.287 e. The van der Waals surface area contributed by atoms with Crippen molar-refractivity contribution in [3.63, 3.8) is 0 Å². The van der Waals surface area contributed by atoms with Gasteiger partial charge in [-0.25, -0.2) is 4.39 Å². The molecule has 0 spiro atoms. The molecule has 7 nitrogen and oxygen atoms in total. The first-order chi connectivity index (χ1) is 17.5. The van der Waals surface area contributed by atoms with E-state index in [2.05, 4.69) is 10.6 Å². The molecule has 3 aromatic rings. The summed E-state index contributed by atoms with van der Waals surface area (Å²) in [6.45, 7) is -0.270. The van der Waals surface area contributed by atoms with Crippen molar-refractivity contribution in [2.75, 3.05) is 6.54 Å². The summed E-state index contributed by atoms with van der Waals surface area (Å²) in [6.07, 6.45) is 6.43. The van der Waals surface area contributed by atoms with Gasteiger partial charge < -0.3 is 20.0 Å². The molecule has 0 radical (unpaired) electrons. The average molecular weight is 492 g/mol. The lowest BCUT2D eigenvalue weighted by molar-refractivity contribution is -0.141. The topological polar surface area (TPSA) is 91.7 Å². The molecule has 0 aliphatic heterocycles. The van der Waals surface area contributed by atoms with E-state index in [0.717, 1.165) is 32.1 Å². The highest BCUT2D eigenvalue weighted by Crippen LogP contribution is 2.26. The van der Waals surface area contributed by atoms with Crippen LogP contribution in [0.5, 0.6) is 0 Å². The Morgan fingerprint density at radius 3 is 2.33 bits per heavy atom. The summed E-state index contributed by atoms with van der Waals surface area (Å²) in [5, 5.41) is 5.71. The number of amides is 3. The maximum Gasteiger partial charge on any atom is 0.287 e. The Morgan fingerprint density at radius 2 is 1.67 bits per heavy atom. The van der Waals surface area contributed by atoms with Crippen molar-refractivity contribution in [2.45, 2.75) is 50.7 Å². The highest BCUT2D eigenvalue weighted by atomic mass is 19.1. The van der Waals surface area contributed by atoms with Crippen LogP contribution in [-0.4, -0.2) is 35.2 Å².